The van der Waals surface area contributed by atoms with Crippen molar-refractivity contribution in [1.29, 1.82) is 5.26 Å². The van der Waals surface area contributed by atoms with Crippen molar-refractivity contribution in [1.82, 2.24) is 9.80 Å². The number of likely N-dealkylation sites (tertiary alicyclic amines) is 2. The number of carbonyl (C=O) groups is 1. The summed E-state index contributed by atoms with van der Waals surface area (Å²) in [6.07, 6.45) is 1.80. The average Bonchev–Trinajstić information content (AvgIpc) is 3.41. The molecule has 4 rings (SSSR count). The topological polar surface area (TPSA) is 67.6 Å². The van der Waals surface area contributed by atoms with Crippen LogP contribution in [0.2, 0.25) is 10.0 Å². The molecule has 2 aromatic rings. The largest absolute Gasteiger partial charge is 0.394 e. The Kier molecular flexibility index (Phi) is 8.12. The highest BCUT2D eigenvalue weighted by Crippen LogP contribution is 2.56. The van der Waals surface area contributed by atoms with Crippen LogP contribution < -0.4 is 0 Å². The van der Waals surface area contributed by atoms with E-state index in [1.54, 1.807) is 18.0 Å². The summed E-state index contributed by atoms with van der Waals surface area (Å²) in [7, 11) is 1.74. The predicted octanol–water partition coefficient (Wildman–Crippen LogP) is 5.92. The quantitative estimate of drug-likeness (QED) is 0.490. The zero-order valence-corrected chi connectivity index (χ0v) is 23.5. The summed E-state index contributed by atoms with van der Waals surface area (Å²) >= 11 is 12.3. The van der Waals surface area contributed by atoms with Crippen LogP contribution >= 0.6 is 23.2 Å². The summed E-state index contributed by atoms with van der Waals surface area (Å²) in [4.78, 5) is 17.7. The number of rotatable bonds is 5. The summed E-state index contributed by atoms with van der Waals surface area (Å²) in [5, 5.41) is 21.0. The standard InChI is InChI=1S/C29H33Cl2F2N3O2/c1-28(2,3)14-23-29(16-34,20-11-10-17(30)13-22(20)32)24(19-8-5-9-21(31)25(19)33)26(35(23)4)27(38)36-12-6-7-18(36)15-37/h5,8-11,13,18,23-24,26,37H,6-7,12,14-15H2,1-4H3/t18-,23+,24+,26-,29+/m1/s1. The highest BCUT2D eigenvalue weighted by molar-refractivity contribution is 6.31. The van der Waals surface area contributed by atoms with Gasteiger partial charge in [0.1, 0.15) is 17.0 Å². The fourth-order valence-corrected chi connectivity index (χ4v) is 6.79. The van der Waals surface area contributed by atoms with Crippen molar-refractivity contribution in [3.63, 3.8) is 0 Å². The summed E-state index contributed by atoms with van der Waals surface area (Å²) in [5.74, 6) is -2.84. The Balaban J connectivity index is 2.05. The Bertz CT molecular complexity index is 1260. The molecule has 2 saturated heterocycles. The number of benzene rings is 2. The Morgan fingerprint density at radius 2 is 1.95 bits per heavy atom. The third-order valence-electron chi connectivity index (χ3n) is 8.07. The number of likely N-dealkylation sites (N-methyl/N-ethyl adjacent to an activating group) is 1. The van der Waals surface area contributed by atoms with E-state index in [1.165, 1.54) is 24.3 Å². The molecule has 9 heteroatoms. The van der Waals surface area contributed by atoms with Crippen molar-refractivity contribution < 1.29 is 18.7 Å². The molecule has 1 amide bonds. The van der Waals surface area contributed by atoms with E-state index in [0.29, 0.717) is 19.4 Å². The number of amides is 1. The number of carbonyl (C=O) groups excluding carboxylic acids is 1. The molecule has 1 N–H and O–H groups in total. The van der Waals surface area contributed by atoms with Gasteiger partial charge in [0.15, 0.2) is 0 Å². The maximum Gasteiger partial charge on any atom is 0.240 e. The van der Waals surface area contributed by atoms with Crippen molar-refractivity contribution in [3.8, 4) is 6.07 Å². The van der Waals surface area contributed by atoms with E-state index in [1.807, 2.05) is 25.7 Å². The second-order valence-corrected chi connectivity index (χ2v) is 12.5. The molecule has 5 nitrogen and oxygen atoms in total. The Hall–Kier alpha value is -2.24. The second kappa shape index (κ2) is 10.7. The lowest BCUT2D eigenvalue weighted by Gasteiger charge is -2.38. The molecule has 2 fully saturated rings. The van der Waals surface area contributed by atoms with Gasteiger partial charge in [-0.3, -0.25) is 9.69 Å². The normalized spacial score (nSPS) is 28.1. The summed E-state index contributed by atoms with van der Waals surface area (Å²) in [5.41, 5.74) is -1.84. The number of hydrogen-bond acceptors (Lipinski definition) is 4. The maximum atomic E-state index is 15.8. The molecule has 0 aliphatic carbocycles. The highest BCUT2D eigenvalue weighted by Gasteiger charge is 2.64. The van der Waals surface area contributed by atoms with E-state index in [2.05, 4.69) is 6.07 Å². The summed E-state index contributed by atoms with van der Waals surface area (Å²) < 4.78 is 31.6. The van der Waals surface area contributed by atoms with E-state index in [-0.39, 0.29) is 45.1 Å². The average molecular weight is 565 g/mol. The minimum Gasteiger partial charge on any atom is -0.394 e. The number of nitrogens with zero attached hydrogens (tertiary/aromatic N) is 3. The van der Waals surface area contributed by atoms with Crippen molar-refractivity contribution in [2.24, 2.45) is 5.41 Å². The van der Waals surface area contributed by atoms with Crippen molar-refractivity contribution >= 4 is 29.1 Å². The van der Waals surface area contributed by atoms with E-state index in [9.17, 15) is 15.2 Å². The zero-order valence-electron chi connectivity index (χ0n) is 22.0. The van der Waals surface area contributed by atoms with Gasteiger partial charge in [0, 0.05) is 29.1 Å². The highest BCUT2D eigenvalue weighted by atomic mass is 35.5. The first kappa shape index (κ1) is 28.8. The summed E-state index contributed by atoms with van der Waals surface area (Å²) in [6.45, 7) is 6.27. The molecule has 0 radical (unpaired) electrons. The van der Waals surface area contributed by atoms with Crippen LogP contribution in [0.5, 0.6) is 0 Å². The number of aliphatic hydroxyl groups excluding tert-OH is 1. The van der Waals surface area contributed by atoms with Gasteiger partial charge >= 0.3 is 0 Å². The lowest BCUT2D eigenvalue weighted by atomic mass is 9.62. The molecule has 0 saturated carbocycles. The number of aliphatic hydroxyl groups is 1. The van der Waals surface area contributed by atoms with Gasteiger partial charge in [-0.2, -0.15) is 5.26 Å². The van der Waals surface area contributed by atoms with E-state index in [4.69, 9.17) is 23.2 Å². The van der Waals surface area contributed by atoms with E-state index in [0.717, 1.165) is 12.5 Å². The SMILES string of the molecule is CN1[C@@H](CC(C)(C)C)[C@](C#N)(c2ccc(Cl)cc2F)[C@@H](c2cccc(Cl)c2F)[C@@H]1C(=O)N1CCC[C@@H]1CO. The molecule has 0 aromatic heterocycles. The molecular formula is C29H33Cl2F2N3O2. The van der Waals surface area contributed by atoms with Crippen LogP contribution in [0.1, 0.15) is 57.1 Å². The minimum atomic E-state index is -1.66. The smallest absolute Gasteiger partial charge is 0.240 e. The first-order valence-corrected chi connectivity index (χ1v) is 13.6. The number of halogens is 4. The monoisotopic (exact) mass is 563 g/mol. The Labute approximate surface area is 232 Å². The van der Waals surface area contributed by atoms with Gasteiger partial charge in [-0.15, -0.1) is 0 Å². The lowest BCUT2D eigenvalue weighted by molar-refractivity contribution is -0.138. The molecule has 5 atom stereocenters. The first-order chi connectivity index (χ1) is 17.9. The first-order valence-electron chi connectivity index (χ1n) is 12.8. The van der Waals surface area contributed by atoms with Crippen LogP contribution in [0.3, 0.4) is 0 Å². The fourth-order valence-electron chi connectivity index (χ4n) is 6.45. The number of hydrogen-bond donors (Lipinski definition) is 1. The number of nitriles is 1. The molecular weight excluding hydrogens is 531 g/mol. The van der Waals surface area contributed by atoms with Crippen LogP contribution in [0.4, 0.5) is 8.78 Å². The third-order valence-corrected chi connectivity index (χ3v) is 8.60. The molecule has 2 aliphatic rings. The molecule has 0 spiro atoms. The van der Waals surface area contributed by atoms with Gasteiger partial charge in [-0.25, -0.2) is 8.78 Å². The summed E-state index contributed by atoms with van der Waals surface area (Å²) in [6, 6.07) is 9.00. The third kappa shape index (κ3) is 4.81. The molecule has 2 aliphatic heterocycles. The Morgan fingerprint density at radius 3 is 2.55 bits per heavy atom. The molecule has 0 bridgehead atoms. The second-order valence-electron chi connectivity index (χ2n) is 11.6. The van der Waals surface area contributed by atoms with Crippen LogP contribution in [0, 0.1) is 28.4 Å². The van der Waals surface area contributed by atoms with Crippen LogP contribution in [0.15, 0.2) is 36.4 Å². The molecule has 204 valence electrons. The van der Waals surface area contributed by atoms with Gasteiger partial charge < -0.3 is 10.0 Å². The van der Waals surface area contributed by atoms with Crippen molar-refractivity contribution in [3.05, 3.63) is 69.2 Å². The minimum absolute atomic E-state index is 0.0605. The predicted molar refractivity (Wildman–Crippen MR) is 144 cm³/mol. The Morgan fingerprint density at radius 1 is 1.24 bits per heavy atom. The van der Waals surface area contributed by atoms with E-state index < -0.39 is 35.1 Å². The maximum absolute atomic E-state index is 15.8. The van der Waals surface area contributed by atoms with Gasteiger partial charge in [-0.1, -0.05) is 62.2 Å². The fraction of sp³-hybridized carbons (Fsp3) is 0.517. The van der Waals surface area contributed by atoms with Crippen LogP contribution in [-0.2, 0) is 10.2 Å². The zero-order chi connectivity index (χ0) is 28.0. The molecule has 38 heavy (non-hydrogen) atoms. The van der Waals surface area contributed by atoms with Gasteiger partial charge in [0.2, 0.25) is 5.91 Å². The van der Waals surface area contributed by atoms with Gasteiger partial charge in [0.05, 0.1) is 29.8 Å². The van der Waals surface area contributed by atoms with E-state index >= 15 is 8.78 Å². The molecule has 0 unspecified atom stereocenters. The molecule has 2 aromatic carbocycles. The van der Waals surface area contributed by atoms with Gasteiger partial charge in [0.25, 0.3) is 0 Å². The van der Waals surface area contributed by atoms with Crippen LogP contribution in [0.25, 0.3) is 0 Å². The van der Waals surface area contributed by atoms with Gasteiger partial charge in [-0.05, 0) is 55.5 Å². The van der Waals surface area contributed by atoms with Crippen molar-refractivity contribution in [2.75, 3.05) is 20.2 Å². The van der Waals surface area contributed by atoms with Crippen LogP contribution in [-0.4, -0.2) is 59.1 Å². The lowest BCUT2D eigenvalue weighted by Crippen LogP contribution is -2.50. The van der Waals surface area contributed by atoms with Crippen molar-refractivity contribution in [2.45, 2.75) is 69.5 Å². The molecule has 2 heterocycles.